The minimum Gasteiger partial charge on any atom is -0.459 e. The molecular formula is C17H22N2O3. The molecule has 22 heavy (non-hydrogen) atoms. The number of hydrogen-bond acceptors (Lipinski definition) is 4. The average molecular weight is 302 g/mol. The van der Waals surface area contributed by atoms with Gasteiger partial charge in [-0.2, -0.15) is 0 Å². The van der Waals surface area contributed by atoms with Crippen LogP contribution >= 0.6 is 0 Å². The molecule has 5 nitrogen and oxygen atoms in total. The van der Waals surface area contributed by atoms with Crippen molar-refractivity contribution in [1.82, 2.24) is 10.2 Å². The second kappa shape index (κ2) is 6.10. The van der Waals surface area contributed by atoms with Crippen molar-refractivity contribution >= 4 is 16.9 Å². The number of fused-ring (bicyclic) bond motifs is 1. The zero-order chi connectivity index (χ0) is 15.7. The van der Waals surface area contributed by atoms with Crippen molar-refractivity contribution in [3.8, 4) is 0 Å². The normalized spacial score (nSPS) is 21.9. The molecule has 2 unspecified atom stereocenters. The number of amides is 1. The Bertz CT molecular complexity index is 634. The number of rotatable bonds is 4. The highest BCUT2D eigenvalue weighted by atomic mass is 16.3. The van der Waals surface area contributed by atoms with Crippen molar-refractivity contribution < 1.29 is 14.3 Å². The van der Waals surface area contributed by atoms with E-state index in [4.69, 9.17) is 4.42 Å². The lowest BCUT2D eigenvalue weighted by Crippen LogP contribution is -2.45. The number of para-hydroxylation sites is 1. The van der Waals surface area contributed by atoms with E-state index in [1.165, 1.54) is 0 Å². The maximum absolute atomic E-state index is 12.4. The summed E-state index contributed by atoms with van der Waals surface area (Å²) in [7, 11) is 0. The van der Waals surface area contributed by atoms with Gasteiger partial charge in [-0.25, -0.2) is 0 Å². The SMILES string of the molecule is CC(NC(=O)C(C)N1CC[C@H](O)C1)c1cc2ccccc2o1. The highest BCUT2D eigenvalue weighted by Gasteiger charge is 2.29. The van der Waals surface area contributed by atoms with Crippen LogP contribution in [0.15, 0.2) is 34.7 Å². The zero-order valence-corrected chi connectivity index (χ0v) is 13.0. The van der Waals surface area contributed by atoms with Gasteiger partial charge in [0.05, 0.1) is 18.2 Å². The summed E-state index contributed by atoms with van der Waals surface area (Å²) in [6, 6.07) is 9.33. The van der Waals surface area contributed by atoms with E-state index in [9.17, 15) is 9.90 Å². The predicted octanol–water partition coefficient (Wildman–Crippen LogP) is 2.07. The number of likely N-dealkylation sites (tertiary alicyclic amines) is 1. The first-order valence-electron chi connectivity index (χ1n) is 7.75. The fourth-order valence-electron chi connectivity index (χ4n) is 2.91. The van der Waals surface area contributed by atoms with E-state index >= 15 is 0 Å². The first-order valence-corrected chi connectivity index (χ1v) is 7.75. The van der Waals surface area contributed by atoms with Crippen LogP contribution in [0.25, 0.3) is 11.0 Å². The van der Waals surface area contributed by atoms with E-state index in [1.54, 1.807) is 0 Å². The van der Waals surface area contributed by atoms with Gasteiger partial charge in [0.15, 0.2) is 0 Å². The van der Waals surface area contributed by atoms with Gasteiger partial charge in [0, 0.05) is 18.5 Å². The van der Waals surface area contributed by atoms with Crippen molar-refractivity contribution in [1.29, 1.82) is 0 Å². The highest BCUT2D eigenvalue weighted by Crippen LogP contribution is 2.24. The monoisotopic (exact) mass is 302 g/mol. The summed E-state index contributed by atoms with van der Waals surface area (Å²) in [5, 5.41) is 13.6. The Kier molecular flexibility index (Phi) is 4.18. The standard InChI is InChI=1S/C17H22N2O3/c1-11(16-9-13-5-3-4-6-15(13)22-16)18-17(21)12(2)19-8-7-14(20)10-19/h3-6,9,11-12,14,20H,7-8,10H2,1-2H3,(H,18,21)/t11?,12?,14-/m0/s1. The van der Waals surface area contributed by atoms with Gasteiger partial charge in [-0.1, -0.05) is 18.2 Å². The lowest BCUT2D eigenvalue weighted by Gasteiger charge is -2.24. The van der Waals surface area contributed by atoms with Gasteiger partial charge in [-0.05, 0) is 32.4 Å². The van der Waals surface area contributed by atoms with Gasteiger partial charge in [0.1, 0.15) is 11.3 Å². The first kappa shape index (κ1) is 15.1. The molecule has 118 valence electrons. The lowest BCUT2D eigenvalue weighted by molar-refractivity contribution is -0.126. The molecule has 1 amide bonds. The van der Waals surface area contributed by atoms with E-state index < -0.39 is 0 Å². The Morgan fingerprint density at radius 3 is 2.86 bits per heavy atom. The molecule has 3 atom stereocenters. The summed E-state index contributed by atoms with van der Waals surface area (Å²) >= 11 is 0. The molecule has 1 fully saturated rings. The minimum absolute atomic E-state index is 0.0398. The van der Waals surface area contributed by atoms with Crippen LogP contribution in [0, 0.1) is 0 Å². The molecule has 3 rings (SSSR count). The molecule has 0 bridgehead atoms. The molecule has 1 saturated heterocycles. The fraction of sp³-hybridized carbons (Fsp3) is 0.471. The molecule has 1 aliphatic heterocycles. The second-order valence-electron chi connectivity index (χ2n) is 6.03. The summed E-state index contributed by atoms with van der Waals surface area (Å²) in [6.07, 6.45) is 0.416. The molecular weight excluding hydrogens is 280 g/mol. The van der Waals surface area contributed by atoms with Crippen LogP contribution in [0.3, 0.4) is 0 Å². The molecule has 0 aliphatic carbocycles. The second-order valence-corrected chi connectivity index (χ2v) is 6.03. The molecule has 2 heterocycles. The van der Waals surface area contributed by atoms with Crippen LogP contribution in [-0.2, 0) is 4.79 Å². The van der Waals surface area contributed by atoms with Crippen LogP contribution in [0.2, 0.25) is 0 Å². The fourth-order valence-corrected chi connectivity index (χ4v) is 2.91. The molecule has 0 saturated carbocycles. The van der Waals surface area contributed by atoms with Crippen molar-refractivity contribution in [2.24, 2.45) is 0 Å². The number of β-amino-alcohol motifs (C(OH)–C–C–N with tert-alkyl or cyclic N) is 1. The van der Waals surface area contributed by atoms with Crippen LogP contribution < -0.4 is 5.32 Å². The lowest BCUT2D eigenvalue weighted by atomic mass is 10.2. The number of benzene rings is 1. The molecule has 1 aromatic carbocycles. The number of furan rings is 1. The number of nitrogens with one attached hydrogen (secondary N) is 1. The van der Waals surface area contributed by atoms with E-state index in [1.807, 2.05) is 49.1 Å². The number of nitrogens with zero attached hydrogens (tertiary/aromatic N) is 1. The number of aliphatic hydroxyl groups is 1. The Hall–Kier alpha value is -1.85. The van der Waals surface area contributed by atoms with Gasteiger partial charge in [-0.15, -0.1) is 0 Å². The predicted molar refractivity (Wildman–Crippen MR) is 84.4 cm³/mol. The molecule has 0 spiro atoms. The molecule has 5 heteroatoms. The van der Waals surface area contributed by atoms with Crippen LogP contribution in [-0.4, -0.2) is 41.1 Å². The van der Waals surface area contributed by atoms with Gasteiger partial charge < -0.3 is 14.8 Å². The Balaban J connectivity index is 1.65. The third kappa shape index (κ3) is 3.00. The topological polar surface area (TPSA) is 65.7 Å². The summed E-state index contributed by atoms with van der Waals surface area (Å²) in [5.41, 5.74) is 0.828. The Morgan fingerprint density at radius 2 is 2.18 bits per heavy atom. The Morgan fingerprint density at radius 1 is 1.41 bits per heavy atom. The van der Waals surface area contributed by atoms with Crippen molar-refractivity contribution in [3.05, 3.63) is 36.1 Å². The maximum Gasteiger partial charge on any atom is 0.237 e. The van der Waals surface area contributed by atoms with Crippen molar-refractivity contribution in [2.45, 2.75) is 38.5 Å². The number of carbonyl (C=O) groups is 1. The summed E-state index contributed by atoms with van der Waals surface area (Å²) in [4.78, 5) is 14.4. The smallest absolute Gasteiger partial charge is 0.237 e. The minimum atomic E-state index is -0.317. The van der Waals surface area contributed by atoms with Gasteiger partial charge >= 0.3 is 0 Å². The largest absolute Gasteiger partial charge is 0.459 e. The number of hydrogen-bond donors (Lipinski definition) is 2. The number of aliphatic hydroxyl groups excluding tert-OH is 1. The molecule has 0 radical (unpaired) electrons. The summed E-state index contributed by atoms with van der Waals surface area (Å²) in [6.45, 7) is 5.11. The third-order valence-electron chi connectivity index (χ3n) is 4.35. The van der Waals surface area contributed by atoms with Gasteiger partial charge in [0.2, 0.25) is 5.91 Å². The van der Waals surface area contributed by atoms with Crippen molar-refractivity contribution in [2.75, 3.05) is 13.1 Å². The van der Waals surface area contributed by atoms with E-state index in [0.717, 1.165) is 29.7 Å². The van der Waals surface area contributed by atoms with E-state index in [0.29, 0.717) is 6.54 Å². The summed E-state index contributed by atoms with van der Waals surface area (Å²) < 4.78 is 5.78. The maximum atomic E-state index is 12.4. The van der Waals surface area contributed by atoms with E-state index in [2.05, 4.69) is 5.32 Å². The zero-order valence-electron chi connectivity index (χ0n) is 13.0. The van der Waals surface area contributed by atoms with Gasteiger partial charge in [-0.3, -0.25) is 9.69 Å². The number of carbonyl (C=O) groups excluding carboxylic acids is 1. The van der Waals surface area contributed by atoms with E-state index in [-0.39, 0.29) is 24.1 Å². The summed E-state index contributed by atoms with van der Waals surface area (Å²) in [5.74, 6) is 0.713. The molecule has 1 aliphatic rings. The van der Waals surface area contributed by atoms with Crippen LogP contribution in [0.4, 0.5) is 0 Å². The van der Waals surface area contributed by atoms with Crippen LogP contribution in [0.5, 0.6) is 0 Å². The molecule has 2 N–H and O–H groups in total. The van der Waals surface area contributed by atoms with Crippen LogP contribution in [0.1, 0.15) is 32.1 Å². The average Bonchev–Trinajstić information content (AvgIpc) is 3.12. The Labute approximate surface area is 129 Å². The molecule has 1 aromatic heterocycles. The first-order chi connectivity index (χ1) is 10.5. The van der Waals surface area contributed by atoms with Crippen molar-refractivity contribution in [3.63, 3.8) is 0 Å². The third-order valence-corrected chi connectivity index (χ3v) is 4.35. The highest BCUT2D eigenvalue weighted by molar-refractivity contribution is 5.82. The quantitative estimate of drug-likeness (QED) is 0.907. The van der Waals surface area contributed by atoms with Gasteiger partial charge in [0.25, 0.3) is 0 Å². The molecule has 2 aromatic rings.